The molecule has 0 radical (unpaired) electrons. The van der Waals surface area contributed by atoms with Crippen LogP contribution in [0.15, 0.2) is 0 Å². The summed E-state index contributed by atoms with van der Waals surface area (Å²) in [5, 5.41) is 0. The molecule has 1 amide bonds. The summed E-state index contributed by atoms with van der Waals surface area (Å²) >= 11 is 0. The third-order valence-corrected chi connectivity index (χ3v) is 3.74. The quantitative estimate of drug-likeness (QED) is 0.835. The van der Waals surface area contributed by atoms with E-state index in [9.17, 15) is 4.79 Å². The van der Waals surface area contributed by atoms with Gasteiger partial charge in [0.25, 0.3) is 0 Å². The van der Waals surface area contributed by atoms with Gasteiger partial charge in [-0.3, -0.25) is 9.69 Å². The predicted octanol–water partition coefficient (Wildman–Crippen LogP) is 1.26. The molecule has 0 atom stereocenters. The smallest absolute Gasteiger partial charge is 0.242 e. The second-order valence-corrected chi connectivity index (χ2v) is 5.63. The van der Waals surface area contributed by atoms with Gasteiger partial charge in [0.1, 0.15) is 0 Å². The first kappa shape index (κ1) is 18.0. The summed E-state index contributed by atoms with van der Waals surface area (Å²) in [5.41, 5.74) is 5.11. The zero-order valence-corrected chi connectivity index (χ0v) is 12.9. The van der Waals surface area contributed by atoms with Gasteiger partial charge in [0.05, 0.1) is 5.54 Å². The molecule has 2 aliphatic rings. The average Bonchev–Trinajstić information content (AvgIpc) is 2.14. The molecule has 1 heterocycles. The fourth-order valence-electron chi connectivity index (χ4n) is 2.45. The molecule has 2 fully saturated rings. The Morgan fingerprint density at radius 2 is 1.61 bits per heavy atom. The third kappa shape index (κ3) is 3.98. The number of piperazine rings is 1. The van der Waals surface area contributed by atoms with Crippen LogP contribution in [-0.2, 0) is 4.79 Å². The largest absolute Gasteiger partial charge is 0.339 e. The van der Waals surface area contributed by atoms with Crippen molar-refractivity contribution in [1.29, 1.82) is 0 Å². The Hall–Kier alpha value is -0.0300. The predicted molar refractivity (Wildman–Crippen MR) is 78.6 cm³/mol. The van der Waals surface area contributed by atoms with Gasteiger partial charge in [-0.1, -0.05) is 6.42 Å². The molecule has 108 valence electrons. The lowest BCUT2D eigenvalue weighted by Gasteiger charge is -2.44. The molecular formula is C12H25Cl2N3O. The van der Waals surface area contributed by atoms with Crippen molar-refractivity contribution >= 4 is 30.7 Å². The molecule has 0 spiro atoms. The summed E-state index contributed by atoms with van der Waals surface area (Å²) in [7, 11) is 0. The molecule has 1 saturated heterocycles. The Balaban J connectivity index is 0.00000144. The first-order valence-corrected chi connectivity index (χ1v) is 6.31. The lowest BCUT2D eigenvalue weighted by Crippen LogP contribution is -2.58. The fourth-order valence-corrected chi connectivity index (χ4v) is 2.45. The lowest BCUT2D eigenvalue weighted by atomic mass is 9.91. The lowest BCUT2D eigenvalue weighted by molar-refractivity contribution is -0.138. The van der Waals surface area contributed by atoms with Crippen LogP contribution in [0.1, 0.15) is 33.1 Å². The zero-order chi connectivity index (χ0) is 11.8. The highest BCUT2D eigenvalue weighted by molar-refractivity contribution is 5.86. The molecule has 0 aromatic carbocycles. The molecule has 0 unspecified atom stereocenters. The molecule has 1 saturated carbocycles. The van der Waals surface area contributed by atoms with E-state index in [0.717, 1.165) is 32.2 Å². The maximum atomic E-state index is 12.0. The van der Waals surface area contributed by atoms with Gasteiger partial charge < -0.3 is 10.6 Å². The van der Waals surface area contributed by atoms with Crippen molar-refractivity contribution in [3.8, 4) is 0 Å². The Morgan fingerprint density at radius 1 is 1.11 bits per heavy atom. The molecule has 0 bridgehead atoms. The molecular weight excluding hydrogens is 273 g/mol. The average molecular weight is 298 g/mol. The standard InChI is InChI=1S/C12H23N3O.2ClH/c1-12(2,13)11(16)15-8-6-14(7-9-15)10-4-3-5-10;;/h10H,3-9,13H2,1-2H3;2*1H. The number of carbonyl (C=O) groups is 1. The van der Waals surface area contributed by atoms with E-state index in [0.29, 0.717) is 0 Å². The number of nitrogens with zero attached hydrogens (tertiary/aromatic N) is 2. The van der Waals surface area contributed by atoms with E-state index in [1.165, 1.54) is 19.3 Å². The molecule has 18 heavy (non-hydrogen) atoms. The molecule has 4 nitrogen and oxygen atoms in total. The topological polar surface area (TPSA) is 49.6 Å². The van der Waals surface area contributed by atoms with Crippen molar-refractivity contribution in [2.45, 2.75) is 44.7 Å². The molecule has 1 aliphatic carbocycles. The Kier molecular flexibility index (Phi) is 6.93. The molecule has 2 rings (SSSR count). The van der Waals surface area contributed by atoms with E-state index in [1.54, 1.807) is 13.8 Å². The summed E-state index contributed by atoms with van der Waals surface area (Å²) in [6.45, 7) is 7.30. The van der Waals surface area contributed by atoms with Crippen LogP contribution in [-0.4, -0.2) is 53.5 Å². The Labute approximate surface area is 122 Å². The monoisotopic (exact) mass is 297 g/mol. The summed E-state index contributed by atoms with van der Waals surface area (Å²) < 4.78 is 0. The molecule has 0 aromatic rings. The summed E-state index contributed by atoms with van der Waals surface area (Å²) in [4.78, 5) is 16.4. The molecule has 0 aromatic heterocycles. The number of halogens is 2. The van der Waals surface area contributed by atoms with Crippen LogP contribution in [0, 0.1) is 0 Å². The molecule has 6 heteroatoms. The summed E-state index contributed by atoms with van der Waals surface area (Å²) in [6.07, 6.45) is 4.06. The third-order valence-electron chi connectivity index (χ3n) is 3.74. The van der Waals surface area contributed by atoms with E-state index in [1.807, 2.05) is 4.90 Å². The van der Waals surface area contributed by atoms with E-state index < -0.39 is 5.54 Å². The van der Waals surface area contributed by atoms with Gasteiger partial charge in [0, 0.05) is 32.2 Å². The maximum Gasteiger partial charge on any atom is 0.242 e. The zero-order valence-electron chi connectivity index (χ0n) is 11.2. The minimum Gasteiger partial charge on any atom is -0.339 e. The van der Waals surface area contributed by atoms with Crippen LogP contribution < -0.4 is 5.73 Å². The van der Waals surface area contributed by atoms with Gasteiger partial charge in [0.2, 0.25) is 5.91 Å². The fraction of sp³-hybridized carbons (Fsp3) is 0.917. The van der Waals surface area contributed by atoms with E-state index in [4.69, 9.17) is 5.73 Å². The first-order chi connectivity index (χ1) is 7.48. The van der Waals surface area contributed by atoms with Gasteiger partial charge in [-0.15, -0.1) is 24.8 Å². The minimum absolute atomic E-state index is 0. The Morgan fingerprint density at radius 3 is 1.94 bits per heavy atom. The first-order valence-electron chi connectivity index (χ1n) is 6.31. The summed E-state index contributed by atoms with van der Waals surface area (Å²) in [6, 6.07) is 0.795. The summed E-state index contributed by atoms with van der Waals surface area (Å²) in [5.74, 6) is 0.0840. The number of amides is 1. The highest BCUT2D eigenvalue weighted by Crippen LogP contribution is 2.25. The highest BCUT2D eigenvalue weighted by atomic mass is 35.5. The van der Waals surface area contributed by atoms with Crippen LogP contribution >= 0.6 is 24.8 Å². The maximum absolute atomic E-state index is 12.0. The van der Waals surface area contributed by atoms with Gasteiger partial charge in [-0.05, 0) is 26.7 Å². The number of hydrogen-bond donors (Lipinski definition) is 1. The van der Waals surface area contributed by atoms with Crippen molar-refractivity contribution in [2.75, 3.05) is 26.2 Å². The second kappa shape index (κ2) is 6.94. The van der Waals surface area contributed by atoms with Crippen LogP contribution in [0.5, 0.6) is 0 Å². The van der Waals surface area contributed by atoms with Gasteiger partial charge in [-0.25, -0.2) is 0 Å². The number of nitrogens with two attached hydrogens (primary N) is 1. The van der Waals surface area contributed by atoms with Crippen molar-refractivity contribution in [1.82, 2.24) is 9.80 Å². The van der Waals surface area contributed by atoms with Crippen molar-refractivity contribution in [3.63, 3.8) is 0 Å². The van der Waals surface area contributed by atoms with E-state index >= 15 is 0 Å². The van der Waals surface area contributed by atoms with Gasteiger partial charge in [0.15, 0.2) is 0 Å². The van der Waals surface area contributed by atoms with E-state index in [2.05, 4.69) is 4.90 Å². The van der Waals surface area contributed by atoms with Crippen molar-refractivity contribution in [3.05, 3.63) is 0 Å². The SMILES string of the molecule is CC(C)(N)C(=O)N1CCN(C2CCC2)CC1.Cl.Cl. The van der Waals surface area contributed by atoms with Crippen LogP contribution in [0.4, 0.5) is 0 Å². The number of carbonyl (C=O) groups excluding carboxylic acids is 1. The number of hydrogen-bond acceptors (Lipinski definition) is 3. The van der Waals surface area contributed by atoms with Crippen LogP contribution in [0.3, 0.4) is 0 Å². The van der Waals surface area contributed by atoms with Crippen LogP contribution in [0.25, 0.3) is 0 Å². The van der Waals surface area contributed by atoms with Gasteiger partial charge >= 0.3 is 0 Å². The highest BCUT2D eigenvalue weighted by Gasteiger charge is 2.33. The minimum atomic E-state index is -0.724. The van der Waals surface area contributed by atoms with Crippen molar-refractivity contribution in [2.24, 2.45) is 5.73 Å². The number of rotatable bonds is 2. The second-order valence-electron chi connectivity index (χ2n) is 5.63. The van der Waals surface area contributed by atoms with Crippen molar-refractivity contribution < 1.29 is 4.79 Å². The van der Waals surface area contributed by atoms with E-state index in [-0.39, 0.29) is 30.7 Å². The normalized spacial score (nSPS) is 21.6. The van der Waals surface area contributed by atoms with Gasteiger partial charge in [-0.2, -0.15) is 0 Å². The molecule has 2 N–H and O–H groups in total. The Bertz CT molecular complexity index is 269. The molecule has 1 aliphatic heterocycles. The van der Waals surface area contributed by atoms with Crippen LogP contribution in [0.2, 0.25) is 0 Å².